The van der Waals surface area contributed by atoms with Crippen molar-refractivity contribution in [1.29, 1.82) is 0 Å². The molecule has 1 aliphatic heterocycles. The maximum Gasteiger partial charge on any atom is 0.159 e. The first-order valence-corrected chi connectivity index (χ1v) is 11.4. The van der Waals surface area contributed by atoms with Crippen LogP contribution in [0.15, 0.2) is 5.10 Å². The van der Waals surface area contributed by atoms with Crippen molar-refractivity contribution in [3.63, 3.8) is 0 Å². The van der Waals surface area contributed by atoms with Crippen LogP contribution in [0, 0.1) is 40.9 Å². The van der Waals surface area contributed by atoms with Gasteiger partial charge in [-0.3, -0.25) is 10.2 Å². The molecule has 4 saturated carbocycles. The van der Waals surface area contributed by atoms with Gasteiger partial charge >= 0.3 is 0 Å². The lowest BCUT2D eigenvalue weighted by Gasteiger charge is -2.56. The van der Waals surface area contributed by atoms with Gasteiger partial charge in [-0.2, -0.15) is 0 Å². The zero-order valence-electron chi connectivity index (χ0n) is 17.4. The molecule has 4 fully saturated rings. The van der Waals surface area contributed by atoms with Crippen molar-refractivity contribution in [1.82, 2.24) is 16.1 Å². The molecule has 0 bridgehead atoms. The molecule has 0 spiro atoms. The SMILES string of the molecule is C[C@@]1(O)CC[C@H]2[C@@H](CC[C@@H]3[C@@H]2CC[C@]2(C)[C@@H](C(=O)CN4N=CNN4)CC[C@@H]32)C1. The van der Waals surface area contributed by atoms with Gasteiger partial charge in [-0.15, -0.1) is 10.6 Å². The standard InChI is InChI=1S/C22H36N4O2/c1-21(28)9-7-15-14(11-21)3-4-17-16(15)8-10-22(2)18(17)5-6-19(22)20(27)12-26-24-13-23-25-26/h13-19,25,28H,3-12H2,1-2H3,(H,23,24)/t14-,15-,16+,17+,18-,19+,21+,22-/m0/s1. The molecule has 0 saturated heterocycles. The summed E-state index contributed by atoms with van der Waals surface area (Å²) in [5.74, 6) is 4.39. The van der Waals surface area contributed by atoms with Gasteiger partial charge < -0.3 is 5.11 Å². The summed E-state index contributed by atoms with van der Waals surface area (Å²) in [7, 11) is 0. The molecule has 3 N–H and O–H groups in total. The van der Waals surface area contributed by atoms with Crippen LogP contribution >= 0.6 is 0 Å². The third-order valence-corrected chi connectivity index (χ3v) is 9.39. The largest absolute Gasteiger partial charge is 0.390 e. The second-order valence-electron chi connectivity index (χ2n) is 10.9. The van der Waals surface area contributed by atoms with Crippen LogP contribution in [0.4, 0.5) is 0 Å². The molecule has 1 heterocycles. The number of aliphatic hydroxyl groups is 1. The molecule has 6 nitrogen and oxygen atoms in total. The minimum absolute atomic E-state index is 0.169. The third-order valence-electron chi connectivity index (χ3n) is 9.39. The highest BCUT2D eigenvalue weighted by Gasteiger charge is 2.58. The number of rotatable bonds is 3. The highest BCUT2D eigenvalue weighted by molar-refractivity contribution is 5.84. The van der Waals surface area contributed by atoms with Crippen LogP contribution in [0.2, 0.25) is 0 Å². The molecule has 156 valence electrons. The minimum atomic E-state index is -0.441. The summed E-state index contributed by atoms with van der Waals surface area (Å²) >= 11 is 0. The molecule has 0 aromatic heterocycles. The molecule has 0 radical (unpaired) electrons. The summed E-state index contributed by atoms with van der Waals surface area (Å²) in [6, 6.07) is 0. The molecular weight excluding hydrogens is 352 g/mol. The second-order valence-corrected chi connectivity index (χ2v) is 10.9. The molecule has 8 atom stereocenters. The lowest BCUT2D eigenvalue weighted by molar-refractivity contribution is -0.134. The van der Waals surface area contributed by atoms with E-state index in [-0.39, 0.29) is 11.3 Å². The first kappa shape index (κ1) is 18.9. The normalized spacial score (nSPS) is 49.9. The number of hydrazine groups is 2. The Labute approximate surface area is 168 Å². The average Bonchev–Trinajstić information content (AvgIpc) is 3.27. The summed E-state index contributed by atoms with van der Waals surface area (Å²) in [5.41, 5.74) is 5.44. The Bertz CT molecular complexity index is 665. The predicted molar refractivity (Wildman–Crippen MR) is 108 cm³/mol. The van der Waals surface area contributed by atoms with Crippen molar-refractivity contribution < 1.29 is 9.90 Å². The van der Waals surface area contributed by atoms with Crippen molar-refractivity contribution in [3.8, 4) is 0 Å². The first-order chi connectivity index (χ1) is 13.4. The van der Waals surface area contributed by atoms with Gasteiger partial charge in [0.05, 0.1) is 5.60 Å². The molecule has 0 amide bonds. The Kier molecular flexibility index (Phi) is 4.51. The number of ketones is 1. The fraction of sp³-hybridized carbons (Fsp3) is 0.909. The molecule has 0 unspecified atom stereocenters. The van der Waals surface area contributed by atoms with Crippen LogP contribution in [0.3, 0.4) is 0 Å². The minimum Gasteiger partial charge on any atom is -0.390 e. The number of fused-ring (bicyclic) bond motifs is 5. The van der Waals surface area contributed by atoms with Gasteiger partial charge in [-0.05, 0) is 99.7 Å². The van der Waals surface area contributed by atoms with Gasteiger partial charge in [-0.1, -0.05) is 6.92 Å². The molecule has 5 rings (SSSR count). The van der Waals surface area contributed by atoms with Crippen LogP contribution < -0.4 is 11.0 Å². The highest BCUT2D eigenvalue weighted by atomic mass is 16.3. The van der Waals surface area contributed by atoms with E-state index in [1.165, 1.54) is 38.5 Å². The third kappa shape index (κ3) is 2.98. The van der Waals surface area contributed by atoms with E-state index in [0.717, 1.165) is 42.9 Å². The maximum atomic E-state index is 13.1. The quantitative estimate of drug-likeness (QED) is 0.693. The molecule has 0 aromatic rings. The van der Waals surface area contributed by atoms with Crippen molar-refractivity contribution in [2.45, 2.75) is 77.2 Å². The topological polar surface area (TPSA) is 77.0 Å². The van der Waals surface area contributed by atoms with E-state index in [1.54, 1.807) is 11.5 Å². The van der Waals surface area contributed by atoms with Crippen LogP contribution in [-0.4, -0.2) is 34.5 Å². The van der Waals surface area contributed by atoms with E-state index in [1.807, 2.05) is 6.92 Å². The molecule has 0 aromatic carbocycles. The summed E-state index contributed by atoms with van der Waals surface area (Å²) in [4.78, 5) is 13.1. The van der Waals surface area contributed by atoms with Gasteiger partial charge in [-0.25, -0.2) is 5.12 Å². The second kappa shape index (κ2) is 6.69. The Morgan fingerprint density at radius 3 is 2.71 bits per heavy atom. The lowest BCUT2D eigenvalue weighted by atomic mass is 9.49. The number of Topliss-reactive ketones (excluding diaryl/α,β-unsaturated/α-hetero) is 1. The summed E-state index contributed by atoms with van der Waals surface area (Å²) in [6.45, 7) is 4.81. The van der Waals surface area contributed by atoms with Crippen LogP contribution in [0.1, 0.15) is 71.6 Å². The van der Waals surface area contributed by atoms with Gasteiger partial charge in [0, 0.05) is 5.92 Å². The zero-order valence-corrected chi connectivity index (χ0v) is 17.4. The lowest BCUT2D eigenvalue weighted by Crippen LogP contribution is -2.51. The van der Waals surface area contributed by atoms with Crippen molar-refractivity contribution >= 4 is 12.1 Å². The summed E-state index contributed by atoms with van der Waals surface area (Å²) < 4.78 is 0. The number of carbonyl (C=O) groups is 1. The molecule has 4 aliphatic carbocycles. The van der Waals surface area contributed by atoms with Gasteiger partial charge in [0.2, 0.25) is 0 Å². The highest BCUT2D eigenvalue weighted by Crippen LogP contribution is 2.64. The fourth-order valence-electron chi connectivity index (χ4n) is 8.18. The maximum absolute atomic E-state index is 13.1. The number of nitrogens with zero attached hydrogens (tertiary/aromatic N) is 2. The van der Waals surface area contributed by atoms with Gasteiger partial charge in [0.1, 0.15) is 12.9 Å². The number of hydrogen-bond donors (Lipinski definition) is 3. The van der Waals surface area contributed by atoms with Crippen molar-refractivity contribution in [3.05, 3.63) is 0 Å². The van der Waals surface area contributed by atoms with E-state index in [0.29, 0.717) is 18.2 Å². The Balaban J connectivity index is 1.30. The van der Waals surface area contributed by atoms with E-state index in [4.69, 9.17) is 0 Å². The van der Waals surface area contributed by atoms with Crippen LogP contribution in [-0.2, 0) is 4.79 Å². The van der Waals surface area contributed by atoms with Crippen molar-refractivity contribution in [2.24, 2.45) is 46.0 Å². The van der Waals surface area contributed by atoms with Crippen LogP contribution in [0.5, 0.6) is 0 Å². The number of hydrazone groups is 1. The summed E-state index contributed by atoms with van der Waals surface area (Å²) in [6.07, 6.45) is 12.1. The van der Waals surface area contributed by atoms with E-state index >= 15 is 0 Å². The Hall–Kier alpha value is -1.14. The van der Waals surface area contributed by atoms with E-state index in [9.17, 15) is 9.90 Å². The molecule has 6 heteroatoms. The van der Waals surface area contributed by atoms with Gasteiger partial charge in [0.25, 0.3) is 0 Å². The monoisotopic (exact) mass is 388 g/mol. The molecule has 5 aliphatic rings. The average molecular weight is 389 g/mol. The smallest absolute Gasteiger partial charge is 0.159 e. The Morgan fingerprint density at radius 2 is 1.93 bits per heavy atom. The summed E-state index contributed by atoms with van der Waals surface area (Å²) in [5, 5.41) is 16.3. The van der Waals surface area contributed by atoms with Crippen LogP contribution in [0.25, 0.3) is 0 Å². The first-order valence-electron chi connectivity index (χ1n) is 11.4. The Morgan fingerprint density at radius 1 is 1.11 bits per heavy atom. The van der Waals surface area contributed by atoms with Crippen molar-refractivity contribution in [2.75, 3.05) is 6.54 Å². The van der Waals surface area contributed by atoms with E-state index < -0.39 is 5.60 Å². The number of hydrogen-bond acceptors (Lipinski definition) is 6. The predicted octanol–water partition coefficient (Wildman–Crippen LogP) is 2.84. The van der Waals surface area contributed by atoms with E-state index in [2.05, 4.69) is 23.0 Å². The zero-order chi connectivity index (χ0) is 19.5. The number of carbonyl (C=O) groups excluding carboxylic acids is 1. The molecule has 28 heavy (non-hydrogen) atoms. The fourth-order valence-corrected chi connectivity index (χ4v) is 8.18. The van der Waals surface area contributed by atoms with Gasteiger partial charge in [0.15, 0.2) is 5.78 Å². The number of nitrogens with one attached hydrogen (secondary N) is 2. The molecular formula is C22H36N4O2.